The maximum atomic E-state index is 11.8. The number of rotatable bonds is 4. The number of nitrogens with zero attached hydrogens (tertiary/aromatic N) is 1. The van der Waals surface area contributed by atoms with Gasteiger partial charge in [-0.05, 0) is 55.3 Å². The molecule has 0 spiro atoms. The van der Waals surface area contributed by atoms with E-state index < -0.39 is 11.8 Å². The van der Waals surface area contributed by atoms with E-state index in [4.69, 9.17) is 0 Å². The zero-order chi connectivity index (χ0) is 17.8. The minimum absolute atomic E-state index is 0.488. The molecule has 3 rings (SSSR count). The summed E-state index contributed by atoms with van der Waals surface area (Å²) < 4.78 is 1.15. The molecule has 2 N–H and O–H groups in total. The molecule has 0 atom stereocenters. The molecule has 0 bridgehead atoms. The Bertz CT molecular complexity index is 916. The van der Waals surface area contributed by atoms with Crippen LogP contribution < -0.4 is 10.6 Å². The third kappa shape index (κ3) is 4.03. The first-order valence-electron chi connectivity index (χ1n) is 8.13. The van der Waals surface area contributed by atoms with Crippen LogP contribution in [0.1, 0.15) is 18.9 Å². The summed E-state index contributed by atoms with van der Waals surface area (Å²) in [7, 11) is 0. The van der Waals surface area contributed by atoms with E-state index in [-0.39, 0.29) is 0 Å². The van der Waals surface area contributed by atoms with Crippen molar-refractivity contribution in [3.05, 3.63) is 48.0 Å². The average Bonchev–Trinajstić information content (AvgIpc) is 3.03. The largest absolute Gasteiger partial charge is 0.348 e. The van der Waals surface area contributed by atoms with Gasteiger partial charge in [-0.2, -0.15) is 0 Å². The fourth-order valence-corrected chi connectivity index (χ4v) is 3.43. The number of hydrogen-bond acceptors (Lipinski definition) is 4. The highest BCUT2D eigenvalue weighted by atomic mass is 32.1. The van der Waals surface area contributed by atoms with Gasteiger partial charge in [0.15, 0.2) is 0 Å². The van der Waals surface area contributed by atoms with Gasteiger partial charge in [0.1, 0.15) is 5.01 Å². The number of thiazole rings is 1. The maximum absolute atomic E-state index is 11.8. The Morgan fingerprint density at radius 2 is 1.84 bits per heavy atom. The molecule has 0 aliphatic rings. The zero-order valence-corrected chi connectivity index (χ0v) is 14.9. The standard InChI is InChI=1S/C19H19N3O2S/c1-3-10-20-17(23)18(24)21-14-7-5-13(6-8-14)19-22-15-9-4-12(2)11-16(15)25-19/h4-9,11H,3,10H2,1-2H3,(H,20,23)(H,21,24). The molecule has 0 aliphatic carbocycles. The zero-order valence-electron chi connectivity index (χ0n) is 14.1. The lowest BCUT2D eigenvalue weighted by atomic mass is 10.2. The smallest absolute Gasteiger partial charge is 0.313 e. The van der Waals surface area contributed by atoms with Gasteiger partial charge in [-0.1, -0.05) is 13.0 Å². The highest BCUT2D eigenvalue weighted by Gasteiger charge is 2.13. The number of aromatic nitrogens is 1. The predicted octanol–water partition coefficient (Wildman–Crippen LogP) is 3.74. The molecule has 3 aromatic rings. The van der Waals surface area contributed by atoms with Crippen molar-refractivity contribution in [2.45, 2.75) is 20.3 Å². The van der Waals surface area contributed by atoms with Crippen LogP contribution in [0, 0.1) is 6.92 Å². The molecule has 5 nitrogen and oxygen atoms in total. The second kappa shape index (κ2) is 7.44. The Hall–Kier alpha value is -2.73. The summed E-state index contributed by atoms with van der Waals surface area (Å²) in [4.78, 5) is 28.0. The van der Waals surface area contributed by atoms with Gasteiger partial charge in [-0.25, -0.2) is 4.98 Å². The fourth-order valence-electron chi connectivity index (χ4n) is 2.36. The number of amides is 2. The first-order valence-corrected chi connectivity index (χ1v) is 8.95. The molecule has 2 aromatic carbocycles. The van der Waals surface area contributed by atoms with Gasteiger partial charge >= 0.3 is 11.8 Å². The molecule has 128 valence electrons. The van der Waals surface area contributed by atoms with Gasteiger partial charge in [0.05, 0.1) is 10.2 Å². The van der Waals surface area contributed by atoms with Crippen molar-refractivity contribution in [1.82, 2.24) is 10.3 Å². The fraction of sp³-hybridized carbons (Fsp3) is 0.211. The first kappa shape index (κ1) is 17.1. The Morgan fingerprint density at radius 3 is 2.56 bits per heavy atom. The first-order chi connectivity index (χ1) is 12.1. The van der Waals surface area contributed by atoms with Crippen LogP contribution in [0.15, 0.2) is 42.5 Å². The summed E-state index contributed by atoms with van der Waals surface area (Å²) in [6.07, 6.45) is 0.787. The highest BCUT2D eigenvalue weighted by molar-refractivity contribution is 7.21. The van der Waals surface area contributed by atoms with Crippen LogP contribution in [-0.4, -0.2) is 23.3 Å². The van der Waals surface area contributed by atoms with Gasteiger partial charge in [0.2, 0.25) is 0 Å². The number of carbonyl (C=O) groups is 2. The van der Waals surface area contributed by atoms with Gasteiger partial charge in [-0.3, -0.25) is 9.59 Å². The monoisotopic (exact) mass is 353 g/mol. The van der Waals surface area contributed by atoms with E-state index in [1.165, 1.54) is 5.56 Å². The maximum Gasteiger partial charge on any atom is 0.313 e. The molecule has 0 radical (unpaired) electrons. The Labute approximate surface area is 150 Å². The van der Waals surface area contributed by atoms with Crippen LogP contribution in [0.4, 0.5) is 5.69 Å². The van der Waals surface area contributed by atoms with Gasteiger partial charge in [0, 0.05) is 17.8 Å². The summed E-state index contributed by atoms with van der Waals surface area (Å²) in [5.74, 6) is -1.27. The molecule has 0 saturated heterocycles. The molecule has 0 unspecified atom stereocenters. The number of nitrogens with one attached hydrogen (secondary N) is 2. The van der Waals surface area contributed by atoms with Crippen molar-refractivity contribution in [3.63, 3.8) is 0 Å². The Balaban J connectivity index is 1.73. The molecule has 1 heterocycles. The lowest BCUT2D eigenvalue weighted by molar-refractivity contribution is -0.136. The van der Waals surface area contributed by atoms with Crippen molar-refractivity contribution in [2.75, 3.05) is 11.9 Å². The molecule has 2 amide bonds. The number of anilines is 1. The van der Waals surface area contributed by atoms with Crippen molar-refractivity contribution in [2.24, 2.45) is 0 Å². The van der Waals surface area contributed by atoms with E-state index >= 15 is 0 Å². The van der Waals surface area contributed by atoms with Crippen LogP contribution >= 0.6 is 11.3 Å². The van der Waals surface area contributed by atoms with Crippen molar-refractivity contribution in [1.29, 1.82) is 0 Å². The SMILES string of the molecule is CCCNC(=O)C(=O)Nc1ccc(-c2nc3ccc(C)cc3s2)cc1. The van der Waals surface area contributed by atoms with E-state index in [2.05, 4.69) is 28.6 Å². The van der Waals surface area contributed by atoms with E-state index in [0.29, 0.717) is 12.2 Å². The summed E-state index contributed by atoms with van der Waals surface area (Å²) in [6.45, 7) is 4.48. The van der Waals surface area contributed by atoms with Crippen LogP contribution in [0.2, 0.25) is 0 Å². The third-order valence-electron chi connectivity index (χ3n) is 3.68. The van der Waals surface area contributed by atoms with Crippen LogP contribution in [0.25, 0.3) is 20.8 Å². The molecule has 0 saturated carbocycles. The van der Waals surface area contributed by atoms with E-state index in [1.54, 1.807) is 23.5 Å². The van der Waals surface area contributed by atoms with E-state index in [9.17, 15) is 9.59 Å². The summed E-state index contributed by atoms with van der Waals surface area (Å²) in [5, 5.41) is 6.07. The number of hydrogen-bond donors (Lipinski definition) is 2. The number of aryl methyl sites for hydroxylation is 1. The quantitative estimate of drug-likeness (QED) is 0.702. The summed E-state index contributed by atoms with van der Waals surface area (Å²) >= 11 is 1.64. The minimum atomic E-state index is -0.656. The van der Waals surface area contributed by atoms with Crippen LogP contribution in [0.3, 0.4) is 0 Å². The van der Waals surface area contributed by atoms with Crippen molar-refractivity contribution in [3.8, 4) is 10.6 Å². The lowest BCUT2D eigenvalue weighted by Crippen LogP contribution is -2.35. The van der Waals surface area contributed by atoms with E-state index in [0.717, 1.165) is 27.2 Å². The third-order valence-corrected chi connectivity index (χ3v) is 4.74. The topological polar surface area (TPSA) is 71.1 Å². The highest BCUT2D eigenvalue weighted by Crippen LogP contribution is 2.31. The molecular formula is C19H19N3O2S. The van der Waals surface area contributed by atoms with Crippen molar-refractivity contribution < 1.29 is 9.59 Å². The van der Waals surface area contributed by atoms with Crippen molar-refractivity contribution >= 4 is 39.1 Å². The lowest BCUT2D eigenvalue weighted by Gasteiger charge is -2.06. The molecule has 0 aliphatic heterocycles. The molecule has 0 fully saturated rings. The second-order valence-corrected chi connectivity index (χ2v) is 6.81. The van der Waals surface area contributed by atoms with Gasteiger partial charge < -0.3 is 10.6 Å². The Kier molecular flexibility index (Phi) is 5.09. The predicted molar refractivity (Wildman–Crippen MR) is 102 cm³/mol. The van der Waals surface area contributed by atoms with Crippen LogP contribution in [0.5, 0.6) is 0 Å². The summed E-state index contributed by atoms with van der Waals surface area (Å²) in [5.41, 5.74) is 3.75. The number of carbonyl (C=O) groups excluding carboxylic acids is 2. The molecule has 1 aromatic heterocycles. The second-order valence-electron chi connectivity index (χ2n) is 5.78. The number of fused-ring (bicyclic) bond motifs is 1. The van der Waals surface area contributed by atoms with Crippen LogP contribution in [-0.2, 0) is 9.59 Å². The normalized spacial score (nSPS) is 10.6. The molecule has 6 heteroatoms. The molecule has 25 heavy (non-hydrogen) atoms. The number of benzene rings is 2. The van der Waals surface area contributed by atoms with E-state index in [1.807, 2.05) is 31.2 Å². The summed E-state index contributed by atoms with van der Waals surface area (Å²) in [6, 6.07) is 13.5. The minimum Gasteiger partial charge on any atom is -0.348 e. The van der Waals surface area contributed by atoms with Gasteiger partial charge in [-0.15, -0.1) is 11.3 Å². The van der Waals surface area contributed by atoms with Gasteiger partial charge in [0.25, 0.3) is 0 Å². The average molecular weight is 353 g/mol. The Morgan fingerprint density at radius 1 is 1.08 bits per heavy atom. The molecular weight excluding hydrogens is 334 g/mol.